The van der Waals surface area contributed by atoms with Crippen LogP contribution in [0.25, 0.3) is 0 Å². The van der Waals surface area contributed by atoms with E-state index in [4.69, 9.17) is 15.0 Å². The highest BCUT2D eigenvalue weighted by Crippen LogP contribution is 2.21. The van der Waals surface area contributed by atoms with Crippen molar-refractivity contribution in [1.29, 1.82) is 0 Å². The zero-order valence-electron chi connectivity index (χ0n) is 9.42. The summed E-state index contributed by atoms with van der Waals surface area (Å²) in [5, 5.41) is 0. The van der Waals surface area contributed by atoms with Gasteiger partial charge in [0, 0.05) is 13.0 Å². The van der Waals surface area contributed by atoms with E-state index in [1.54, 1.807) is 0 Å². The molecule has 1 aromatic rings. The molecule has 5 nitrogen and oxygen atoms in total. The van der Waals surface area contributed by atoms with Crippen LogP contribution < -0.4 is 11.3 Å². The molecule has 8 heteroatoms. The minimum absolute atomic E-state index is 0.0656. The standard InChI is InChI=1S/C10H13F3N2O3/c11-10(12,13)3-1-4-17-6-8-7(2-5-18-8)9(16)15-14/h2,5H,1,3-4,6,14H2,(H,15,16). The molecule has 0 aromatic carbocycles. The van der Waals surface area contributed by atoms with Gasteiger partial charge in [0.15, 0.2) is 0 Å². The first-order valence-corrected chi connectivity index (χ1v) is 5.16. The molecule has 3 N–H and O–H groups in total. The Morgan fingerprint density at radius 3 is 2.83 bits per heavy atom. The number of alkyl halides is 3. The van der Waals surface area contributed by atoms with E-state index in [9.17, 15) is 18.0 Å². The maximum Gasteiger partial charge on any atom is 0.389 e. The SMILES string of the molecule is NNC(=O)c1ccoc1COCCCC(F)(F)F. The Hall–Kier alpha value is -1.54. The number of rotatable bonds is 6. The molecule has 102 valence electrons. The van der Waals surface area contributed by atoms with Crippen molar-refractivity contribution in [2.45, 2.75) is 25.6 Å². The highest BCUT2D eigenvalue weighted by Gasteiger charge is 2.26. The van der Waals surface area contributed by atoms with Gasteiger partial charge in [-0.1, -0.05) is 0 Å². The third kappa shape index (κ3) is 4.76. The Morgan fingerprint density at radius 2 is 2.22 bits per heavy atom. The van der Waals surface area contributed by atoms with Crippen molar-refractivity contribution in [2.75, 3.05) is 6.61 Å². The molecule has 1 amide bonds. The number of carbonyl (C=O) groups excluding carboxylic acids is 1. The molecule has 0 radical (unpaired) electrons. The Kier molecular flexibility index (Phi) is 5.17. The molecular weight excluding hydrogens is 253 g/mol. The minimum Gasteiger partial charge on any atom is -0.466 e. The van der Waals surface area contributed by atoms with Gasteiger partial charge in [-0.3, -0.25) is 10.2 Å². The molecule has 18 heavy (non-hydrogen) atoms. The lowest BCUT2D eigenvalue weighted by Gasteiger charge is -2.06. The summed E-state index contributed by atoms with van der Waals surface area (Å²) >= 11 is 0. The summed E-state index contributed by atoms with van der Waals surface area (Å²) in [4.78, 5) is 11.2. The lowest BCUT2D eigenvalue weighted by atomic mass is 10.2. The summed E-state index contributed by atoms with van der Waals surface area (Å²) in [6.07, 6.45) is -3.94. The van der Waals surface area contributed by atoms with Crippen LogP contribution in [-0.2, 0) is 11.3 Å². The molecule has 0 bridgehead atoms. The molecule has 1 heterocycles. The third-order valence-electron chi connectivity index (χ3n) is 2.10. The molecule has 0 aliphatic carbocycles. The molecule has 0 unspecified atom stereocenters. The maximum atomic E-state index is 11.8. The highest BCUT2D eigenvalue weighted by atomic mass is 19.4. The fourth-order valence-electron chi connectivity index (χ4n) is 1.27. The monoisotopic (exact) mass is 266 g/mol. The lowest BCUT2D eigenvalue weighted by molar-refractivity contribution is -0.138. The van der Waals surface area contributed by atoms with Gasteiger partial charge in [0.05, 0.1) is 11.8 Å². The Morgan fingerprint density at radius 1 is 1.50 bits per heavy atom. The summed E-state index contributed by atoms with van der Waals surface area (Å²) in [5.74, 6) is 4.63. The fraction of sp³-hybridized carbons (Fsp3) is 0.500. The van der Waals surface area contributed by atoms with E-state index < -0.39 is 18.5 Å². The minimum atomic E-state index is -4.18. The molecule has 0 aliphatic rings. The number of hydrazine groups is 1. The summed E-state index contributed by atoms with van der Waals surface area (Å²) in [5.41, 5.74) is 2.13. The number of nitrogens with two attached hydrogens (primary N) is 1. The first-order chi connectivity index (χ1) is 8.44. The summed E-state index contributed by atoms with van der Waals surface area (Å²) in [6, 6.07) is 1.40. The molecule has 0 spiro atoms. The van der Waals surface area contributed by atoms with E-state index in [1.807, 2.05) is 5.43 Å². The molecule has 0 saturated carbocycles. The van der Waals surface area contributed by atoms with Crippen molar-refractivity contribution in [3.8, 4) is 0 Å². The van der Waals surface area contributed by atoms with E-state index in [2.05, 4.69) is 0 Å². The van der Waals surface area contributed by atoms with Crippen LogP contribution in [0.4, 0.5) is 13.2 Å². The van der Waals surface area contributed by atoms with Crippen LogP contribution in [0.2, 0.25) is 0 Å². The fourth-order valence-corrected chi connectivity index (χ4v) is 1.27. The predicted molar refractivity (Wildman–Crippen MR) is 55.3 cm³/mol. The van der Waals surface area contributed by atoms with Crippen LogP contribution in [0, 0.1) is 0 Å². The summed E-state index contributed by atoms with van der Waals surface area (Å²) < 4.78 is 45.5. The number of furan rings is 1. The van der Waals surface area contributed by atoms with Gasteiger partial charge in [0.2, 0.25) is 0 Å². The van der Waals surface area contributed by atoms with E-state index in [0.29, 0.717) is 0 Å². The maximum absolute atomic E-state index is 11.8. The molecule has 0 saturated heterocycles. The zero-order valence-corrected chi connectivity index (χ0v) is 9.42. The average Bonchev–Trinajstić information content (AvgIpc) is 2.74. The van der Waals surface area contributed by atoms with Gasteiger partial charge in [-0.05, 0) is 12.5 Å². The summed E-state index contributed by atoms with van der Waals surface area (Å²) in [7, 11) is 0. The normalized spacial score (nSPS) is 11.6. The molecule has 1 rings (SSSR count). The van der Waals surface area contributed by atoms with Crippen LogP contribution in [-0.4, -0.2) is 18.7 Å². The van der Waals surface area contributed by atoms with Crippen LogP contribution in [0.5, 0.6) is 0 Å². The Bertz CT molecular complexity index is 390. The molecule has 0 fully saturated rings. The lowest BCUT2D eigenvalue weighted by Crippen LogP contribution is -2.30. The number of hydrogen-bond acceptors (Lipinski definition) is 4. The molecular formula is C10H13F3N2O3. The first kappa shape index (κ1) is 14.5. The van der Waals surface area contributed by atoms with Gasteiger partial charge < -0.3 is 9.15 Å². The number of halogens is 3. The van der Waals surface area contributed by atoms with Gasteiger partial charge in [-0.15, -0.1) is 0 Å². The van der Waals surface area contributed by atoms with Gasteiger partial charge in [-0.2, -0.15) is 13.2 Å². The number of amides is 1. The number of ether oxygens (including phenoxy) is 1. The van der Waals surface area contributed by atoms with Crippen molar-refractivity contribution >= 4 is 5.91 Å². The first-order valence-electron chi connectivity index (χ1n) is 5.16. The van der Waals surface area contributed by atoms with E-state index in [1.165, 1.54) is 12.3 Å². The van der Waals surface area contributed by atoms with Crippen molar-refractivity contribution in [3.63, 3.8) is 0 Å². The quantitative estimate of drug-likeness (QED) is 0.356. The Labute approximate surface area is 101 Å². The van der Waals surface area contributed by atoms with Gasteiger partial charge in [0.25, 0.3) is 5.91 Å². The molecule has 0 aliphatic heterocycles. The van der Waals surface area contributed by atoms with E-state index >= 15 is 0 Å². The van der Waals surface area contributed by atoms with Crippen LogP contribution in [0.1, 0.15) is 29.0 Å². The van der Waals surface area contributed by atoms with Crippen LogP contribution in [0.3, 0.4) is 0 Å². The largest absolute Gasteiger partial charge is 0.466 e. The number of nitrogens with one attached hydrogen (secondary N) is 1. The second kappa shape index (κ2) is 6.41. The van der Waals surface area contributed by atoms with Crippen LogP contribution >= 0.6 is 0 Å². The van der Waals surface area contributed by atoms with Crippen molar-refractivity contribution in [2.24, 2.45) is 5.84 Å². The third-order valence-corrected chi connectivity index (χ3v) is 2.10. The van der Waals surface area contributed by atoms with Crippen molar-refractivity contribution in [1.82, 2.24) is 5.43 Å². The van der Waals surface area contributed by atoms with E-state index in [-0.39, 0.29) is 31.0 Å². The highest BCUT2D eigenvalue weighted by molar-refractivity contribution is 5.94. The second-order valence-corrected chi connectivity index (χ2v) is 3.50. The van der Waals surface area contributed by atoms with Gasteiger partial charge in [0.1, 0.15) is 12.4 Å². The zero-order chi connectivity index (χ0) is 13.6. The van der Waals surface area contributed by atoms with E-state index in [0.717, 1.165) is 0 Å². The summed E-state index contributed by atoms with van der Waals surface area (Å²) in [6.45, 7) is -0.141. The molecule has 1 aromatic heterocycles. The van der Waals surface area contributed by atoms with Gasteiger partial charge >= 0.3 is 6.18 Å². The second-order valence-electron chi connectivity index (χ2n) is 3.50. The average molecular weight is 266 g/mol. The topological polar surface area (TPSA) is 77.5 Å². The predicted octanol–water partition coefficient (Wildman–Crippen LogP) is 1.74. The smallest absolute Gasteiger partial charge is 0.389 e. The Balaban J connectivity index is 2.32. The van der Waals surface area contributed by atoms with Crippen LogP contribution in [0.15, 0.2) is 16.7 Å². The number of carbonyl (C=O) groups is 1. The number of nitrogen functional groups attached to an aromatic ring is 1. The van der Waals surface area contributed by atoms with Crippen molar-refractivity contribution < 1.29 is 27.1 Å². The molecule has 0 atom stereocenters. The van der Waals surface area contributed by atoms with Crippen molar-refractivity contribution in [3.05, 3.63) is 23.7 Å². The van der Waals surface area contributed by atoms with Gasteiger partial charge in [-0.25, -0.2) is 5.84 Å². The number of hydrogen-bond donors (Lipinski definition) is 2.